The number of amides is 1. The van der Waals surface area contributed by atoms with E-state index in [2.05, 4.69) is 10.5 Å². The minimum absolute atomic E-state index is 0.0335. The number of rotatable bonds is 4. The van der Waals surface area contributed by atoms with Gasteiger partial charge in [0.2, 0.25) is 0 Å². The molecule has 1 aromatic heterocycles. The zero-order valence-electron chi connectivity index (χ0n) is 10.6. The van der Waals surface area contributed by atoms with Crippen LogP contribution in [0.15, 0.2) is 22.7 Å². The van der Waals surface area contributed by atoms with E-state index in [1.807, 2.05) is 26.0 Å². The minimum Gasteiger partial charge on any atom is -0.396 e. The predicted octanol–water partition coefficient (Wildman–Crippen LogP) is 1.46. The summed E-state index contributed by atoms with van der Waals surface area (Å²) in [5, 5.41) is 15.6. The first-order valence-electron chi connectivity index (χ1n) is 6.16. The fraction of sp³-hybridized carbons (Fsp3) is 0.538. The molecule has 0 radical (unpaired) electrons. The highest BCUT2D eigenvalue weighted by Gasteiger charge is 2.22. The van der Waals surface area contributed by atoms with Crippen LogP contribution in [0.5, 0.6) is 0 Å². The lowest BCUT2D eigenvalue weighted by atomic mass is 10.1. The summed E-state index contributed by atoms with van der Waals surface area (Å²) in [6.45, 7) is 4.08. The number of nitrogens with zero attached hydrogens (tertiary/aromatic N) is 1. The van der Waals surface area contributed by atoms with Crippen LogP contribution < -0.4 is 5.32 Å². The van der Waals surface area contributed by atoms with Crippen LogP contribution in [0.4, 0.5) is 0 Å². The average Bonchev–Trinajstić information content (AvgIpc) is 2.97. The van der Waals surface area contributed by atoms with Crippen molar-refractivity contribution in [1.29, 1.82) is 0 Å². The molecule has 2 atom stereocenters. The Morgan fingerprint density at radius 3 is 2.94 bits per heavy atom. The molecule has 0 aliphatic heterocycles. The van der Waals surface area contributed by atoms with Crippen LogP contribution in [0.1, 0.15) is 42.4 Å². The summed E-state index contributed by atoms with van der Waals surface area (Å²) < 4.78 is 5.09. The van der Waals surface area contributed by atoms with Gasteiger partial charge in [-0.05, 0) is 6.42 Å². The van der Waals surface area contributed by atoms with Gasteiger partial charge >= 0.3 is 0 Å². The summed E-state index contributed by atoms with van der Waals surface area (Å²) in [5.74, 6) is 0.817. The summed E-state index contributed by atoms with van der Waals surface area (Å²) in [6.07, 6.45) is 4.56. The smallest absolute Gasteiger partial charge is 0.273 e. The van der Waals surface area contributed by atoms with Gasteiger partial charge in [-0.15, -0.1) is 0 Å². The van der Waals surface area contributed by atoms with Crippen LogP contribution in [0.3, 0.4) is 0 Å². The number of aromatic nitrogens is 1. The van der Waals surface area contributed by atoms with E-state index in [0.717, 1.165) is 6.42 Å². The minimum atomic E-state index is -0.237. The lowest BCUT2D eigenvalue weighted by Gasteiger charge is -2.11. The van der Waals surface area contributed by atoms with E-state index >= 15 is 0 Å². The Labute approximate surface area is 106 Å². The molecule has 5 nitrogen and oxygen atoms in total. The molecule has 0 spiro atoms. The molecule has 0 fully saturated rings. The molecule has 1 aliphatic rings. The molecular weight excluding hydrogens is 232 g/mol. The van der Waals surface area contributed by atoms with E-state index in [9.17, 15) is 4.79 Å². The molecule has 0 saturated heterocycles. The van der Waals surface area contributed by atoms with Crippen molar-refractivity contribution in [2.75, 3.05) is 6.61 Å². The Kier molecular flexibility index (Phi) is 3.81. The second-order valence-corrected chi connectivity index (χ2v) is 4.91. The van der Waals surface area contributed by atoms with E-state index in [0.29, 0.717) is 11.5 Å². The average molecular weight is 250 g/mol. The third-order valence-electron chi connectivity index (χ3n) is 3.05. The van der Waals surface area contributed by atoms with Crippen LogP contribution in [-0.4, -0.2) is 28.8 Å². The SMILES string of the molecule is CC(C)c1cc(C(=O)N[C@@H]2C=C[C@H](CO)C2)no1. The van der Waals surface area contributed by atoms with Crippen molar-refractivity contribution in [3.05, 3.63) is 29.7 Å². The molecule has 0 unspecified atom stereocenters. The second kappa shape index (κ2) is 5.35. The van der Waals surface area contributed by atoms with Crippen molar-refractivity contribution < 1.29 is 14.4 Å². The Balaban J connectivity index is 1.94. The normalized spacial score (nSPS) is 22.7. The quantitative estimate of drug-likeness (QED) is 0.793. The maximum absolute atomic E-state index is 11.9. The Morgan fingerprint density at radius 1 is 1.61 bits per heavy atom. The highest BCUT2D eigenvalue weighted by atomic mass is 16.5. The fourth-order valence-electron chi connectivity index (χ4n) is 1.93. The lowest BCUT2D eigenvalue weighted by Crippen LogP contribution is -2.33. The summed E-state index contributed by atoms with van der Waals surface area (Å²) in [4.78, 5) is 11.9. The van der Waals surface area contributed by atoms with Crippen LogP contribution in [0, 0.1) is 5.92 Å². The van der Waals surface area contributed by atoms with Crippen LogP contribution in [-0.2, 0) is 0 Å². The number of carbonyl (C=O) groups excluding carboxylic acids is 1. The van der Waals surface area contributed by atoms with E-state index < -0.39 is 0 Å². The van der Waals surface area contributed by atoms with E-state index in [1.54, 1.807) is 6.07 Å². The van der Waals surface area contributed by atoms with E-state index in [-0.39, 0.29) is 30.4 Å². The van der Waals surface area contributed by atoms with Gasteiger partial charge in [0.1, 0.15) is 5.76 Å². The molecule has 2 N–H and O–H groups in total. The first-order valence-corrected chi connectivity index (χ1v) is 6.16. The molecule has 0 bridgehead atoms. The Bertz CT molecular complexity index is 451. The van der Waals surface area contributed by atoms with E-state index in [1.165, 1.54) is 0 Å². The Morgan fingerprint density at radius 2 is 2.39 bits per heavy atom. The molecule has 2 rings (SSSR count). The molecule has 0 saturated carbocycles. The zero-order valence-corrected chi connectivity index (χ0v) is 10.6. The van der Waals surface area contributed by atoms with Gasteiger partial charge in [-0.2, -0.15) is 0 Å². The molecule has 5 heteroatoms. The third-order valence-corrected chi connectivity index (χ3v) is 3.05. The van der Waals surface area contributed by atoms with Gasteiger partial charge in [0.15, 0.2) is 5.69 Å². The van der Waals surface area contributed by atoms with Gasteiger partial charge in [0.25, 0.3) is 5.91 Å². The number of carbonyl (C=O) groups is 1. The number of nitrogens with one attached hydrogen (secondary N) is 1. The van der Waals surface area contributed by atoms with Gasteiger partial charge in [0.05, 0.1) is 0 Å². The standard InChI is InChI=1S/C13H18N2O3/c1-8(2)12-6-11(15-18-12)13(17)14-10-4-3-9(5-10)7-16/h3-4,6,8-10,16H,5,7H2,1-2H3,(H,14,17)/t9-,10+/m0/s1. The van der Waals surface area contributed by atoms with Crippen LogP contribution >= 0.6 is 0 Å². The Hall–Kier alpha value is -1.62. The number of hydrogen-bond acceptors (Lipinski definition) is 4. The maximum atomic E-state index is 11.9. The fourth-order valence-corrected chi connectivity index (χ4v) is 1.93. The largest absolute Gasteiger partial charge is 0.396 e. The summed E-state index contributed by atoms with van der Waals surface area (Å²) in [5.41, 5.74) is 0.305. The van der Waals surface area contributed by atoms with E-state index in [4.69, 9.17) is 9.63 Å². The van der Waals surface area contributed by atoms with Crippen molar-refractivity contribution in [3.63, 3.8) is 0 Å². The predicted molar refractivity (Wildman–Crippen MR) is 66.2 cm³/mol. The van der Waals surface area contributed by atoms with Crippen molar-refractivity contribution in [3.8, 4) is 0 Å². The molecule has 18 heavy (non-hydrogen) atoms. The van der Waals surface area contributed by atoms with Crippen molar-refractivity contribution >= 4 is 5.91 Å². The summed E-state index contributed by atoms with van der Waals surface area (Å²) in [6, 6.07) is 1.64. The van der Waals surface area contributed by atoms with Crippen molar-refractivity contribution in [2.45, 2.75) is 32.2 Å². The first-order chi connectivity index (χ1) is 8.60. The molecule has 1 aromatic rings. The van der Waals surface area contributed by atoms with Crippen molar-refractivity contribution in [2.24, 2.45) is 5.92 Å². The van der Waals surface area contributed by atoms with Crippen LogP contribution in [0.2, 0.25) is 0 Å². The van der Waals surface area contributed by atoms with Crippen molar-refractivity contribution in [1.82, 2.24) is 10.5 Å². The molecule has 1 aliphatic carbocycles. The molecule has 0 aromatic carbocycles. The van der Waals surface area contributed by atoms with Gasteiger partial charge in [-0.25, -0.2) is 0 Å². The van der Waals surface area contributed by atoms with Gasteiger partial charge < -0.3 is 14.9 Å². The summed E-state index contributed by atoms with van der Waals surface area (Å²) >= 11 is 0. The topological polar surface area (TPSA) is 75.4 Å². The number of aliphatic hydroxyl groups is 1. The second-order valence-electron chi connectivity index (χ2n) is 4.91. The highest BCUT2D eigenvalue weighted by molar-refractivity contribution is 5.92. The van der Waals surface area contributed by atoms with Gasteiger partial charge in [-0.3, -0.25) is 4.79 Å². The molecule has 1 heterocycles. The molecular formula is C13H18N2O3. The zero-order chi connectivity index (χ0) is 13.1. The number of aliphatic hydroxyl groups excluding tert-OH is 1. The molecule has 1 amide bonds. The monoisotopic (exact) mass is 250 g/mol. The lowest BCUT2D eigenvalue weighted by molar-refractivity contribution is 0.0932. The maximum Gasteiger partial charge on any atom is 0.273 e. The molecule has 98 valence electrons. The van der Waals surface area contributed by atoms with Crippen LogP contribution in [0.25, 0.3) is 0 Å². The number of hydrogen-bond donors (Lipinski definition) is 2. The van der Waals surface area contributed by atoms with Gasteiger partial charge in [0, 0.05) is 30.6 Å². The summed E-state index contributed by atoms with van der Waals surface area (Å²) in [7, 11) is 0. The highest BCUT2D eigenvalue weighted by Crippen LogP contribution is 2.18. The third kappa shape index (κ3) is 2.79. The van der Waals surface area contributed by atoms with Gasteiger partial charge in [-0.1, -0.05) is 31.2 Å². The first kappa shape index (κ1) is 12.8.